The highest BCUT2D eigenvalue weighted by atomic mass is 32.2. The van der Waals surface area contributed by atoms with Gasteiger partial charge in [0.1, 0.15) is 6.04 Å². The second kappa shape index (κ2) is 5.12. The predicted molar refractivity (Wildman–Crippen MR) is 61.5 cm³/mol. The van der Waals surface area contributed by atoms with Crippen LogP contribution in [0.1, 0.15) is 19.3 Å². The first-order chi connectivity index (χ1) is 8.40. The first-order valence-electron chi connectivity index (χ1n) is 5.92. The van der Waals surface area contributed by atoms with E-state index in [1.165, 1.54) is 0 Å². The Balaban J connectivity index is 2.10. The van der Waals surface area contributed by atoms with Crippen molar-refractivity contribution in [2.24, 2.45) is 0 Å². The molecular formula is C10H17NO6S. The number of nitrogens with zero attached hydrogens (tertiary/aromatic N) is 1. The fourth-order valence-electron chi connectivity index (χ4n) is 2.42. The molecule has 2 fully saturated rings. The molecule has 0 aliphatic carbocycles. The molecule has 2 saturated heterocycles. The maximum absolute atomic E-state index is 12.1. The quantitative estimate of drug-likeness (QED) is 0.685. The van der Waals surface area contributed by atoms with E-state index in [2.05, 4.69) is 0 Å². The summed E-state index contributed by atoms with van der Waals surface area (Å²) in [6, 6.07) is -1.16. The lowest BCUT2D eigenvalue weighted by Gasteiger charge is -2.22. The van der Waals surface area contributed by atoms with Crippen LogP contribution in [-0.4, -0.2) is 66.1 Å². The summed E-state index contributed by atoms with van der Waals surface area (Å²) in [4.78, 5) is 11.0. The highest BCUT2D eigenvalue weighted by molar-refractivity contribution is 7.89. The van der Waals surface area contributed by atoms with E-state index in [4.69, 9.17) is 9.84 Å². The maximum Gasteiger partial charge on any atom is 0.322 e. The van der Waals surface area contributed by atoms with Crippen molar-refractivity contribution in [3.8, 4) is 0 Å². The largest absolute Gasteiger partial charge is 0.480 e. The molecule has 0 radical (unpaired) electrons. The molecule has 0 amide bonds. The number of sulfonamides is 1. The Morgan fingerprint density at radius 1 is 1.44 bits per heavy atom. The number of aliphatic hydroxyl groups is 1. The zero-order valence-corrected chi connectivity index (χ0v) is 10.7. The topological polar surface area (TPSA) is 104 Å². The van der Waals surface area contributed by atoms with Gasteiger partial charge in [0, 0.05) is 19.6 Å². The second-order valence-corrected chi connectivity index (χ2v) is 6.69. The van der Waals surface area contributed by atoms with E-state index in [0.717, 1.165) is 10.7 Å². The minimum atomic E-state index is -3.70. The number of ether oxygens (including phenoxy) is 1. The van der Waals surface area contributed by atoms with Gasteiger partial charge in [-0.3, -0.25) is 4.79 Å². The van der Waals surface area contributed by atoms with Crippen LogP contribution in [0.3, 0.4) is 0 Å². The number of aliphatic carboxylic acids is 1. The van der Waals surface area contributed by atoms with Crippen LogP contribution in [0.15, 0.2) is 0 Å². The molecule has 2 heterocycles. The Bertz CT molecular complexity index is 416. The molecule has 2 aliphatic rings. The summed E-state index contributed by atoms with van der Waals surface area (Å²) >= 11 is 0. The van der Waals surface area contributed by atoms with Gasteiger partial charge >= 0.3 is 5.97 Å². The van der Waals surface area contributed by atoms with E-state index in [-0.39, 0.29) is 24.8 Å². The van der Waals surface area contributed by atoms with Crippen molar-refractivity contribution in [3.05, 3.63) is 0 Å². The Labute approximate surface area is 105 Å². The van der Waals surface area contributed by atoms with Crippen molar-refractivity contribution in [3.63, 3.8) is 0 Å². The summed E-state index contributed by atoms with van der Waals surface area (Å²) in [7, 11) is -3.70. The smallest absolute Gasteiger partial charge is 0.322 e. The van der Waals surface area contributed by atoms with E-state index < -0.39 is 28.1 Å². The zero-order valence-electron chi connectivity index (χ0n) is 9.86. The summed E-state index contributed by atoms with van der Waals surface area (Å²) in [6.45, 7) is 0.400. The van der Waals surface area contributed by atoms with Gasteiger partial charge in [0.15, 0.2) is 0 Å². The van der Waals surface area contributed by atoms with Gasteiger partial charge in [-0.15, -0.1) is 0 Å². The number of hydrogen-bond acceptors (Lipinski definition) is 5. The Hall–Kier alpha value is -0.700. The lowest BCUT2D eigenvalue weighted by Crippen LogP contribution is -2.43. The summed E-state index contributed by atoms with van der Waals surface area (Å²) in [5.41, 5.74) is 0. The summed E-state index contributed by atoms with van der Waals surface area (Å²) in [5.74, 6) is -1.42. The van der Waals surface area contributed by atoms with Crippen molar-refractivity contribution in [1.29, 1.82) is 0 Å². The molecule has 2 rings (SSSR count). The highest BCUT2D eigenvalue weighted by Gasteiger charge is 2.43. The molecule has 0 saturated carbocycles. The summed E-state index contributed by atoms with van der Waals surface area (Å²) in [6.07, 6.45) is 0.172. The van der Waals surface area contributed by atoms with Crippen LogP contribution in [0, 0.1) is 0 Å². The van der Waals surface area contributed by atoms with Gasteiger partial charge in [-0.05, 0) is 12.8 Å². The number of β-amino-alcohol motifs (C(OH)–C–C–N with tert-alkyl or cyclic N) is 1. The van der Waals surface area contributed by atoms with Crippen LogP contribution < -0.4 is 0 Å². The SMILES string of the molecule is O=C(O)[C@@H]1C[C@@H](O)CN1S(=O)(=O)CC1CCCO1. The minimum absolute atomic E-state index is 0.0555. The standard InChI is InChI=1S/C10H17NO6S/c12-7-4-9(10(13)14)11(5-7)18(15,16)6-8-2-1-3-17-8/h7-9,12H,1-6H2,(H,13,14)/t7-,8?,9+/m1/s1. The molecule has 8 heteroatoms. The number of hydrogen-bond donors (Lipinski definition) is 2. The number of carbonyl (C=O) groups is 1. The zero-order chi connectivity index (χ0) is 13.3. The van der Waals surface area contributed by atoms with Crippen LogP contribution in [0.4, 0.5) is 0 Å². The average Bonchev–Trinajstić information content (AvgIpc) is 2.86. The van der Waals surface area contributed by atoms with Crippen LogP contribution in [0.25, 0.3) is 0 Å². The molecule has 3 atom stereocenters. The third-order valence-corrected chi connectivity index (χ3v) is 5.21. The fraction of sp³-hybridized carbons (Fsp3) is 0.900. The van der Waals surface area contributed by atoms with Gasteiger partial charge < -0.3 is 14.9 Å². The van der Waals surface area contributed by atoms with Crippen molar-refractivity contribution in [2.45, 2.75) is 37.5 Å². The number of rotatable bonds is 4. The number of carboxylic acids is 1. The molecular weight excluding hydrogens is 262 g/mol. The first-order valence-corrected chi connectivity index (χ1v) is 7.53. The summed E-state index contributed by atoms with van der Waals surface area (Å²) < 4.78 is 30.4. The Morgan fingerprint density at radius 3 is 2.72 bits per heavy atom. The molecule has 1 unspecified atom stereocenters. The minimum Gasteiger partial charge on any atom is -0.480 e. The second-order valence-electron chi connectivity index (χ2n) is 4.73. The first kappa shape index (κ1) is 13.7. The predicted octanol–water partition coefficient (Wildman–Crippen LogP) is -0.985. The van der Waals surface area contributed by atoms with E-state index in [1.54, 1.807) is 0 Å². The monoisotopic (exact) mass is 279 g/mol. The van der Waals surface area contributed by atoms with Crippen molar-refractivity contribution in [2.75, 3.05) is 18.9 Å². The van der Waals surface area contributed by atoms with E-state index in [1.807, 2.05) is 0 Å². The van der Waals surface area contributed by atoms with Crippen LogP contribution in [0.5, 0.6) is 0 Å². The van der Waals surface area contributed by atoms with Crippen molar-refractivity contribution >= 4 is 16.0 Å². The van der Waals surface area contributed by atoms with Gasteiger partial charge in [-0.1, -0.05) is 0 Å². The normalized spacial score (nSPS) is 33.9. The van der Waals surface area contributed by atoms with Gasteiger partial charge in [0.25, 0.3) is 0 Å². The lowest BCUT2D eigenvalue weighted by molar-refractivity contribution is -0.140. The Morgan fingerprint density at radius 2 is 2.17 bits per heavy atom. The van der Waals surface area contributed by atoms with Crippen molar-refractivity contribution in [1.82, 2.24) is 4.31 Å². The van der Waals surface area contributed by atoms with Gasteiger partial charge in [-0.2, -0.15) is 4.31 Å². The molecule has 2 aliphatic heterocycles. The molecule has 0 bridgehead atoms. The highest BCUT2D eigenvalue weighted by Crippen LogP contribution is 2.24. The molecule has 0 spiro atoms. The van der Waals surface area contributed by atoms with Crippen molar-refractivity contribution < 1.29 is 28.2 Å². The van der Waals surface area contributed by atoms with Crippen LogP contribution >= 0.6 is 0 Å². The molecule has 2 N–H and O–H groups in total. The molecule has 0 aromatic carbocycles. The van der Waals surface area contributed by atoms with Gasteiger partial charge in [0.2, 0.25) is 10.0 Å². The Kier molecular flexibility index (Phi) is 3.90. The molecule has 18 heavy (non-hydrogen) atoms. The molecule has 0 aromatic heterocycles. The molecule has 0 aromatic rings. The number of aliphatic hydroxyl groups excluding tert-OH is 1. The van der Waals surface area contributed by atoms with E-state index in [9.17, 15) is 18.3 Å². The third-order valence-electron chi connectivity index (χ3n) is 3.30. The lowest BCUT2D eigenvalue weighted by atomic mass is 10.2. The molecule has 7 nitrogen and oxygen atoms in total. The van der Waals surface area contributed by atoms with Crippen LogP contribution in [-0.2, 0) is 19.6 Å². The van der Waals surface area contributed by atoms with Gasteiger partial charge in [0.05, 0.1) is 18.0 Å². The van der Waals surface area contributed by atoms with Gasteiger partial charge in [-0.25, -0.2) is 8.42 Å². The summed E-state index contributed by atoms with van der Waals surface area (Å²) in [5, 5.41) is 18.4. The average molecular weight is 279 g/mol. The molecule has 104 valence electrons. The third kappa shape index (κ3) is 2.82. The van der Waals surface area contributed by atoms with E-state index >= 15 is 0 Å². The fourth-order valence-corrected chi connectivity index (χ4v) is 4.31. The maximum atomic E-state index is 12.1. The van der Waals surface area contributed by atoms with E-state index in [0.29, 0.717) is 13.0 Å². The number of carboxylic acid groups (broad SMARTS) is 1. The van der Waals surface area contributed by atoms with Crippen LogP contribution in [0.2, 0.25) is 0 Å².